The van der Waals surface area contributed by atoms with Crippen molar-refractivity contribution in [1.29, 1.82) is 0 Å². The van der Waals surface area contributed by atoms with Crippen LogP contribution in [-0.2, 0) is 0 Å². The van der Waals surface area contributed by atoms with E-state index in [4.69, 9.17) is 5.73 Å². The Morgan fingerprint density at radius 2 is 1.94 bits per heavy atom. The number of likely N-dealkylation sites (N-methyl/N-ethyl adjacent to an activating group) is 1. The summed E-state index contributed by atoms with van der Waals surface area (Å²) in [6.45, 7) is 12.4. The van der Waals surface area contributed by atoms with Crippen LogP contribution in [0.3, 0.4) is 0 Å². The number of nitrogens with zero attached hydrogens (tertiary/aromatic N) is 1. The number of hydrogen-bond acceptors (Lipinski definition) is 2. The van der Waals surface area contributed by atoms with E-state index in [0.717, 1.165) is 19.0 Å². The smallest absolute Gasteiger partial charge is 0.0223 e. The highest BCUT2D eigenvalue weighted by molar-refractivity contribution is 4.81. The average Bonchev–Trinajstić information content (AvgIpc) is 2.12. The van der Waals surface area contributed by atoms with Crippen LogP contribution in [0, 0.1) is 11.3 Å². The molecule has 96 valence electrons. The average molecular weight is 226 g/mol. The minimum absolute atomic E-state index is 0.386. The van der Waals surface area contributed by atoms with Crippen LogP contribution in [0.1, 0.15) is 53.4 Å². The zero-order valence-electron chi connectivity index (χ0n) is 11.6. The molecule has 0 bridgehead atoms. The molecular weight excluding hydrogens is 196 g/mol. The lowest BCUT2D eigenvalue weighted by atomic mass is 9.83. The topological polar surface area (TPSA) is 29.3 Å². The number of rotatable bonds is 6. The molecule has 0 heterocycles. The quantitative estimate of drug-likeness (QED) is 0.754. The van der Waals surface area contributed by atoms with Gasteiger partial charge in [-0.15, -0.1) is 0 Å². The lowest BCUT2D eigenvalue weighted by Crippen LogP contribution is -2.45. The van der Waals surface area contributed by atoms with Crippen LogP contribution in [0.15, 0.2) is 0 Å². The van der Waals surface area contributed by atoms with Crippen LogP contribution in [-0.4, -0.2) is 30.6 Å². The predicted octanol–water partition coefficient (Wildman–Crippen LogP) is 2.87. The van der Waals surface area contributed by atoms with E-state index in [1.165, 1.54) is 32.2 Å². The highest BCUT2D eigenvalue weighted by Gasteiger charge is 2.26. The zero-order chi connectivity index (χ0) is 12.2. The van der Waals surface area contributed by atoms with E-state index in [1.807, 2.05) is 0 Å². The fourth-order valence-corrected chi connectivity index (χ4v) is 2.61. The molecule has 0 amide bonds. The van der Waals surface area contributed by atoms with Crippen molar-refractivity contribution >= 4 is 0 Å². The van der Waals surface area contributed by atoms with Crippen LogP contribution in [0.5, 0.6) is 0 Å². The largest absolute Gasteiger partial charge is 0.329 e. The molecule has 1 aliphatic rings. The molecule has 0 saturated heterocycles. The van der Waals surface area contributed by atoms with Gasteiger partial charge in [-0.1, -0.05) is 34.1 Å². The van der Waals surface area contributed by atoms with Crippen molar-refractivity contribution in [2.45, 2.75) is 59.4 Å². The van der Waals surface area contributed by atoms with Crippen LogP contribution in [0.2, 0.25) is 0 Å². The molecule has 0 spiro atoms. The van der Waals surface area contributed by atoms with E-state index in [9.17, 15) is 0 Å². The van der Waals surface area contributed by atoms with Crippen LogP contribution in [0.4, 0.5) is 0 Å². The molecule has 2 nitrogen and oxygen atoms in total. The fourth-order valence-electron chi connectivity index (χ4n) is 2.61. The van der Waals surface area contributed by atoms with Crippen molar-refractivity contribution in [1.82, 2.24) is 4.90 Å². The van der Waals surface area contributed by atoms with Crippen LogP contribution in [0.25, 0.3) is 0 Å². The number of hydrogen-bond donors (Lipinski definition) is 1. The van der Waals surface area contributed by atoms with Crippen molar-refractivity contribution < 1.29 is 0 Å². The molecule has 1 atom stereocenters. The molecule has 0 aromatic heterocycles. The first-order chi connectivity index (χ1) is 7.46. The third-order valence-corrected chi connectivity index (χ3v) is 3.76. The van der Waals surface area contributed by atoms with E-state index in [-0.39, 0.29) is 0 Å². The van der Waals surface area contributed by atoms with Gasteiger partial charge in [0.15, 0.2) is 0 Å². The maximum absolute atomic E-state index is 5.95. The monoisotopic (exact) mass is 226 g/mol. The van der Waals surface area contributed by atoms with Gasteiger partial charge in [0.2, 0.25) is 0 Å². The lowest BCUT2D eigenvalue weighted by molar-refractivity contribution is 0.113. The molecule has 2 heteroatoms. The first-order valence-electron chi connectivity index (χ1n) is 6.90. The van der Waals surface area contributed by atoms with Gasteiger partial charge in [0.1, 0.15) is 0 Å². The molecule has 0 aliphatic heterocycles. The maximum Gasteiger partial charge on any atom is 0.0223 e. The Kier molecular flexibility index (Phi) is 5.26. The van der Waals surface area contributed by atoms with Gasteiger partial charge in [-0.3, -0.25) is 4.90 Å². The van der Waals surface area contributed by atoms with Crippen LogP contribution < -0.4 is 5.73 Å². The lowest BCUT2D eigenvalue weighted by Gasteiger charge is -2.38. The maximum atomic E-state index is 5.95. The van der Waals surface area contributed by atoms with E-state index in [0.29, 0.717) is 11.5 Å². The minimum atomic E-state index is 0.386. The molecule has 1 saturated carbocycles. The summed E-state index contributed by atoms with van der Waals surface area (Å²) in [5, 5.41) is 0. The highest BCUT2D eigenvalue weighted by Crippen LogP contribution is 2.29. The Labute approximate surface area is 102 Å². The summed E-state index contributed by atoms with van der Waals surface area (Å²) < 4.78 is 0. The minimum Gasteiger partial charge on any atom is -0.329 e. The van der Waals surface area contributed by atoms with E-state index < -0.39 is 0 Å². The van der Waals surface area contributed by atoms with Crippen molar-refractivity contribution in [2.24, 2.45) is 17.1 Å². The van der Waals surface area contributed by atoms with Gasteiger partial charge in [0.05, 0.1) is 0 Å². The molecule has 0 aromatic rings. The van der Waals surface area contributed by atoms with E-state index in [1.54, 1.807) is 0 Å². The SMILES string of the molecule is CCN(CC1CCC1)C(CN)CC(C)(C)C. The summed E-state index contributed by atoms with van der Waals surface area (Å²) in [6.07, 6.45) is 5.52. The Morgan fingerprint density at radius 1 is 1.31 bits per heavy atom. The molecule has 16 heavy (non-hydrogen) atoms. The molecule has 0 aromatic carbocycles. The summed E-state index contributed by atoms with van der Waals surface area (Å²) in [6, 6.07) is 0.575. The highest BCUT2D eigenvalue weighted by atomic mass is 15.2. The Balaban J connectivity index is 2.45. The molecular formula is C14H30N2. The Hall–Kier alpha value is -0.0800. The molecule has 1 fully saturated rings. The second-order valence-electron chi connectivity index (χ2n) is 6.54. The summed E-state index contributed by atoms with van der Waals surface area (Å²) in [4.78, 5) is 2.61. The molecule has 0 radical (unpaired) electrons. The van der Waals surface area contributed by atoms with Gasteiger partial charge < -0.3 is 5.73 Å². The molecule has 1 rings (SSSR count). The summed E-state index contributed by atoms with van der Waals surface area (Å²) in [5.41, 5.74) is 6.34. The fraction of sp³-hybridized carbons (Fsp3) is 1.00. The third-order valence-electron chi connectivity index (χ3n) is 3.76. The van der Waals surface area contributed by atoms with Crippen molar-refractivity contribution in [3.8, 4) is 0 Å². The van der Waals surface area contributed by atoms with Crippen LogP contribution >= 0.6 is 0 Å². The van der Waals surface area contributed by atoms with Gasteiger partial charge in [-0.2, -0.15) is 0 Å². The number of nitrogens with two attached hydrogens (primary N) is 1. The third kappa shape index (κ3) is 4.42. The van der Waals surface area contributed by atoms with Gasteiger partial charge >= 0.3 is 0 Å². The normalized spacial score (nSPS) is 19.9. The Bertz CT molecular complexity index is 191. The first-order valence-corrected chi connectivity index (χ1v) is 6.90. The van der Waals surface area contributed by atoms with Crippen molar-refractivity contribution in [3.63, 3.8) is 0 Å². The zero-order valence-corrected chi connectivity index (χ0v) is 11.6. The summed E-state index contributed by atoms with van der Waals surface area (Å²) in [5.74, 6) is 0.953. The van der Waals surface area contributed by atoms with Gasteiger partial charge in [-0.05, 0) is 37.1 Å². The summed E-state index contributed by atoms with van der Waals surface area (Å²) in [7, 11) is 0. The predicted molar refractivity (Wildman–Crippen MR) is 71.5 cm³/mol. The van der Waals surface area contributed by atoms with Crippen molar-refractivity contribution in [2.75, 3.05) is 19.6 Å². The summed E-state index contributed by atoms with van der Waals surface area (Å²) >= 11 is 0. The molecule has 2 N–H and O–H groups in total. The molecule has 1 unspecified atom stereocenters. The van der Waals surface area contributed by atoms with Gasteiger partial charge in [-0.25, -0.2) is 0 Å². The van der Waals surface area contributed by atoms with E-state index in [2.05, 4.69) is 32.6 Å². The first kappa shape index (κ1) is 14.0. The Morgan fingerprint density at radius 3 is 2.25 bits per heavy atom. The van der Waals surface area contributed by atoms with Gasteiger partial charge in [0, 0.05) is 19.1 Å². The molecule has 1 aliphatic carbocycles. The second-order valence-corrected chi connectivity index (χ2v) is 6.54. The van der Waals surface area contributed by atoms with Gasteiger partial charge in [0.25, 0.3) is 0 Å². The van der Waals surface area contributed by atoms with E-state index >= 15 is 0 Å². The van der Waals surface area contributed by atoms with Crippen molar-refractivity contribution in [3.05, 3.63) is 0 Å². The standard InChI is InChI=1S/C14H30N2/c1-5-16(11-12-7-6-8-12)13(10-15)9-14(2,3)4/h12-13H,5-11,15H2,1-4H3. The second kappa shape index (κ2) is 6.02.